The van der Waals surface area contributed by atoms with Gasteiger partial charge in [0.1, 0.15) is 12.4 Å². The third-order valence-corrected chi connectivity index (χ3v) is 2.36. The summed E-state index contributed by atoms with van der Waals surface area (Å²) in [7, 11) is 0. The summed E-state index contributed by atoms with van der Waals surface area (Å²) in [6.07, 6.45) is 1.11. The number of carbonyl (C=O) groups is 2. The number of ether oxygens (including phenoxy) is 2. The number of aliphatic hydroxyl groups excluding tert-OH is 1. The molecule has 0 aromatic heterocycles. The first-order chi connectivity index (χ1) is 10.1. The van der Waals surface area contributed by atoms with E-state index >= 15 is 0 Å². The number of amides is 1. The van der Waals surface area contributed by atoms with Gasteiger partial charge in [-0.3, -0.25) is 5.32 Å². The summed E-state index contributed by atoms with van der Waals surface area (Å²) >= 11 is 0. The van der Waals surface area contributed by atoms with Crippen molar-refractivity contribution in [2.24, 2.45) is 0 Å². The molecule has 0 bridgehead atoms. The highest BCUT2D eigenvalue weighted by Gasteiger charge is 2.12. The fourth-order valence-electron chi connectivity index (χ4n) is 1.41. The van der Waals surface area contributed by atoms with Gasteiger partial charge in [-0.1, -0.05) is 12.7 Å². The Bertz CT molecular complexity index is 514. The van der Waals surface area contributed by atoms with Crippen LogP contribution >= 0.6 is 0 Å². The average Bonchev–Trinajstić information content (AvgIpc) is 2.46. The summed E-state index contributed by atoms with van der Waals surface area (Å²) < 4.78 is 10.1. The lowest BCUT2D eigenvalue weighted by Gasteiger charge is -2.13. The highest BCUT2D eigenvalue weighted by Crippen LogP contribution is 2.26. The highest BCUT2D eigenvalue weighted by atomic mass is 16.5. The van der Waals surface area contributed by atoms with E-state index in [0.29, 0.717) is 6.42 Å². The average molecular weight is 295 g/mol. The lowest BCUT2D eigenvalue weighted by Crippen LogP contribution is -2.15. The van der Waals surface area contributed by atoms with Crippen molar-refractivity contribution >= 4 is 17.7 Å². The molecule has 0 heterocycles. The SMILES string of the molecule is C=CCOC(=O)Nc1ccc(C(=O)O)cc1OCCCO. The number of aliphatic hydroxyl groups is 1. The number of nitrogens with one attached hydrogen (secondary N) is 1. The molecule has 0 aliphatic carbocycles. The van der Waals surface area contributed by atoms with Crippen LogP contribution in [0, 0.1) is 0 Å². The zero-order valence-corrected chi connectivity index (χ0v) is 11.4. The van der Waals surface area contributed by atoms with Gasteiger partial charge in [0.05, 0.1) is 17.9 Å². The van der Waals surface area contributed by atoms with E-state index in [-0.39, 0.29) is 36.8 Å². The second kappa shape index (κ2) is 8.60. The maximum Gasteiger partial charge on any atom is 0.412 e. The quantitative estimate of drug-likeness (QED) is 0.499. The van der Waals surface area contributed by atoms with Crippen molar-refractivity contribution in [3.05, 3.63) is 36.4 Å². The summed E-state index contributed by atoms with van der Waals surface area (Å²) in [6.45, 7) is 3.61. The molecule has 0 unspecified atom stereocenters. The van der Waals surface area contributed by atoms with Gasteiger partial charge in [-0.05, 0) is 18.2 Å². The fourth-order valence-corrected chi connectivity index (χ4v) is 1.41. The lowest BCUT2D eigenvalue weighted by molar-refractivity contribution is 0.0696. The van der Waals surface area contributed by atoms with Gasteiger partial charge in [-0.2, -0.15) is 0 Å². The maximum atomic E-state index is 11.5. The molecular formula is C14H17NO6. The molecule has 0 aliphatic heterocycles. The van der Waals surface area contributed by atoms with Crippen LogP contribution in [-0.2, 0) is 4.74 Å². The van der Waals surface area contributed by atoms with Gasteiger partial charge in [0.15, 0.2) is 0 Å². The van der Waals surface area contributed by atoms with Gasteiger partial charge in [0.25, 0.3) is 0 Å². The number of anilines is 1. The number of rotatable bonds is 8. The van der Waals surface area contributed by atoms with Gasteiger partial charge in [-0.25, -0.2) is 9.59 Å². The third kappa shape index (κ3) is 5.53. The van der Waals surface area contributed by atoms with Gasteiger partial charge in [0, 0.05) is 13.0 Å². The van der Waals surface area contributed by atoms with E-state index in [0.717, 1.165) is 0 Å². The van der Waals surface area contributed by atoms with Crippen LogP contribution in [0.3, 0.4) is 0 Å². The molecule has 3 N–H and O–H groups in total. The molecule has 0 saturated carbocycles. The molecule has 1 rings (SSSR count). The van der Waals surface area contributed by atoms with Crippen molar-refractivity contribution in [1.82, 2.24) is 0 Å². The Labute approximate surface area is 121 Å². The number of carboxylic acids is 1. The summed E-state index contributed by atoms with van der Waals surface area (Å²) in [5.74, 6) is -0.915. The van der Waals surface area contributed by atoms with Crippen LogP contribution in [0.2, 0.25) is 0 Å². The first kappa shape index (κ1) is 16.5. The molecular weight excluding hydrogens is 278 g/mol. The number of benzene rings is 1. The largest absolute Gasteiger partial charge is 0.491 e. The number of aromatic carboxylic acids is 1. The number of carboxylic acid groups (broad SMARTS) is 1. The molecule has 114 valence electrons. The molecule has 21 heavy (non-hydrogen) atoms. The van der Waals surface area contributed by atoms with Gasteiger partial charge in [-0.15, -0.1) is 0 Å². The zero-order valence-electron chi connectivity index (χ0n) is 11.4. The van der Waals surface area contributed by atoms with Gasteiger partial charge in [0.2, 0.25) is 0 Å². The zero-order chi connectivity index (χ0) is 15.7. The Kier molecular flexibility index (Phi) is 6.76. The number of hydrogen-bond acceptors (Lipinski definition) is 5. The topological polar surface area (TPSA) is 105 Å². The van der Waals surface area contributed by atoms with Crippen molar-refractivity contribution in [3.8, 4) is 5.75 Å². The Hall–Kier alpha value is -2.54. The van der Waals surface area contributed by atoms with E-state index in [1.54, 1.807) is 0 Å². The molecule has 1 amide bonds. The van der Waals surface area contributed by atoms with Crippen LogP contribution in [0.25, 0.3) is 0 Å². The predicted octanol–water partition coefficient (Wildman–Crippen LogP) is 1.88. The van der Waals surface area contributed by atoms with E-state index in [2.05, 4.69) is 11.9 Å². The number of hydrogen-bond donors (Lipinski definition) is 3. The van der Waals surface area contributed by atoms with Crippen LogP contribution < -0.4 is 10.1 Å². The first-order valence-electron chi connectivity index (χ1n) is 6.24. The van der Waals surface area contributed by atoms with E-state index in [4.69, 9.17) is 19.7 Å². The fraction of sp³-hybridized carbons (Fsp3) is 0.286. The van der Waals surface area contributed by atoms with E-state index in [1.807, 2.05) is 0 Å². The molecule has 0 saturated heterocycles. The normalized spacial score (nSPS) is 9.76. The van der Waals surface area contributed by atoms with Crippen LogP contribution in [0.5, 0.6) is 5.75 Å². The van der Waals surface area contributed by atoms with E-state index in [9.17, 15) is 9.59 Å². The van der Waals surface area contributed by atoms with E-state index < -0.39 is 12.1 Å². The standard InChI is InChI=1S/C14H17NO6/c1-2-7-21-14(19)15-11-5-4-10(13(17)18)9-12(11)20-8-3-6-16/h2,4-5,9,16H,1,3,6-8H2,(H,15,19)(H,17,18). The molecule has 0 fully saturated rings. The van der Waals surface area contributed by atoms with Crippen molar-refractivity contribution in [3.63, 3.8) is 0 Å². The minimum atomic E-state index is -1.11. The van der Waals surface area contributed by atoms with Crippen LogP contribution in [0.4, 0.5) is 10.5 Å². The van der Waals surface area contributed by atoms with Crippen molar-refractivity contribution < 1.29 is 29.3 Å². The second-order valence-electron chi connectivity index (χ2n) is 3.95. The Morgan fingerprint density at radius 1 is 1.38 bits per heavy atom. The van der Waals surface area contributed by atoms with Crippen LogP contribution in [-0.4, -0.2) is 42.1 Å². The molecule has 0 radical (unpaired) electrons. The van der Waals surface area contributed by atoms with Gasteiger partial charge < -0.3 is 19.7 Å². The maximum absolute atomic E-state index is 11.5. The first-order valence-corrected chi connectivity index (χ1v) is 6.24. The van der Waals surface area contributed by atoms with Crippen molar-refractivity contribution in [1.29, 1.82) is 0 Å². The molecule has 7 nitrogen and oxygen atoms in total. The predicted molar refractivity (Wildman–Crippen MR) is 75.8 cm³/mol. The summed E-state index contributed by atoms with van der Waals surface area (Å²) in [6, 6.07) is 4.04. The molecule has 0 aliphatic rings. The minimum absolute atomic E-state index is 0.0269. The summed E-state index contributed by atoms with van der Waals surface area (Å²) in [5.41, 5.74) is 0.311. The van der Waals surface area contributed by atoms with Crippen molar-refractivity contribution in [2.45, 2.75) is 6.42 Å². The molecule has 7 heteroatoms. The monoisotopic (exact) mass is 295 g/mol. The lowest BCUT2D eigenvalue weighted by atomic mass is 10.2. The molecule has 0 atom stereocenters. The summed E-state index contributed by atoms with van der Waals surface area (Å²) in [5, 5.41) is 20.1. The van der Waals surface area contributed by atoms with Gasteiger partial charge >= 0.3 is 12.1 Å². The Balaban J connectivity index is 2.86. The molecule has 0 spiro atoms. The summed E-state index contributed by atoms with van der Waals surface area (Å²) in [4.78, 5) is 22.4. The van der Waals surface area contributed by atoms with Crippen LogP contribution in [0.15, 0.2) is 30.9 Å². The molecule has 1 aromatic rings. The molecule has 1 aromatic carbocycles. The Morgan fingerprint density at radius 3 is 2.76 bits per heavy atom. The van der Waals surface area contributed by atoms with E-state index in [1.165, 1.54) is 24.3 Å². The Morgan fingerprint density at radius 2 is 2.14 bits per heavy atom. The second-order valence-corrected chi connectivity index (χ2v) is 3.95. The minimum Gasteiger partial charge on any atom is -0.491 e. The smallest absolute Gasteiger partial charge is 0.412 e. The number of carbonyl (C=O) groups excluding carboxylic acids is 1. The van der Waals surface area contributed by atoms with Crippen molar-refractivity contribution in [2.75, 3.05) is 25.1 Å². The van der Waals surface area contributed by atoms with Crippen LogP contribution in [0.1, 0.15) is 16.8 Å². The third-order valence-electron chi connectivity index (χ3n) is 2.36. The highest BCUT2D eigenvalue weighted by molar-refractivity contribution is 5.91.